The van der Waals surface area contributed by atoms with Crippen molar-refractivity contribution < 1.29 is 0 Å². The first-order valence-corrected chi connectivity index (χ1v) is 7.95. The summed E-state index contributed by atoms with van der Waals surface area (Å²) in [6.45, 7) is 10.4. The maximum atomic E-state index is 4.74. The minimum Gasteiger partial charge on any atom is -0.318 e. The van der Waals surface area contributed by atoms with E-state index in [4.69, 9.17) is 4.98 Å². The molecule has 0 radical (unpaired) electrons. The van der Waals surface area contributed by atoms with Crippen molar-refractivity contribution in [2.75, 3.05) is 11.4 Å². The predicted octanol–water partition coefficient (Wildman–Crippen LogP) is 4.11. The highest BCUT2D eigenvalue weighted by Gasteiger charge is 2.14. The van der Waals surface area contributed by atoms with Gasteiger partial charge in [-0.25, -0.2) is 4.98 Å². The number of aryl methyl sites for hydroxylation is 1. The van der Waals surface area contributed by atoms with Crippen molar-refractivity contribution in [3.05, 3.63) is 40.9 Å². The number of para-hydroxylation sites is 1. The van der Waals surface area contributed by atoms with E-state index in [9.17, 15) is 0 Å². The molecule has 0 aliphatic carbocycles. The second kappa shape index (κ2) is 6.86. The van der Waals surface area contributed by atoms with E-state index in [1.807, 2.05) is 6.07 Å². The van der Waals surface area contributed by atoms with Gasteiger partial charge < -0.3 is 10.2 Å². The van der Waals surface area contributed by atoms with Crippen molar-refractivity contribution in [3.8, 4) is 0 Å². The minimum absolute atomic E-state index is 0.497. The molecule has 0 amide bonds. The highest BCUT2D eigenvalue weighted by molar-refractivity contribution is 7.15. The van der Waals surface area contributed by atoms with E-state index < -0.39 is 0 Å². The maximum absolute atomic E-state index is 4.74. The maximum Gasteiger partial charge on any atom is 0.190 e. The summed E-state index contributed by atoms with van der Waals surface area (Å²) in [5.74, 6) is 0. The molecular weight excluding hydrogens is 266 g/mol. The third-order valence-corrected chi connectivity index (χ3v) is 4.35. The van der Waals surface area contributed by atoms with Gasteiger partial charge in [-0.1, -0.05) is 43.4 Å². The Hall–Kier alpha value is -1.39. The zero-order chi connectivity index (χ0) is 14.5. The van der Waals surface area contributed by atoms with Crippen LogP contribution < -0.4 is 10.2 Å². The minimum atomic E-state index is 0.497. The average Bonchev–Trinajstić information content (AvgIpc) is 2.79. The summed E-state index contributed by atoms with van der Waals surface area (Å²) in [6.07, 6.45) is 0. The van der Waals surface area contributed by atoms with Gasteiger partial charge in [-0.05, 0) is 26.0 Å². The van der Waals surface area contributed by atoms with Crippen molar-refractivity contribution in [1.29, 1.82) is 0 Å². The van der Waals surface area contributed by atoms with Crippen molar-refractivity contribution in [2.24, 2.45) is 0 Å². The fourth-order valence-corrected chi connectivity index (χ4v) is 3.12. The molecule has 20 heavy (non-hydrogen) atoms. The lowest BCUT2D eigenvalue weighted by atomic mass is 10.3. The Morgan fingerprint density at radius 1 is 1.25 bits per heavy atom. The van der Waals surface area contributed by atoms with E-state index in [-0.39, 0.29) is 0 Å². The molecule has 0 saturated heterocycles. The molecule has 0 aliphatic rings. The van der Waals surface area contributed by atoms with E-state index in [0.29, 0.717) is 6.04 Å². The van der Waals surface area contributed by atoms with Gasteiger partial charge >= 0.3 is 0 Å². The number of hydrogen-bond donors (Lipinski definition) is 1. The zero-order valence-electron chi connectivity index (χ0n) is 12.7. The summed E-state index contributed by atoms with van der Waals surface area (Å²) < 4.78 is 0. The van der Waals surface area contributed by atoms with E-state index in [1.54, 1.807) is 11.3 Å². The van der Waals surface area contributed by atoms with Crippen LogP contribution in [0, 0.1) is 6.92 Å². The number of nitrogens with one attached hydrogen (secondary N) is 1. The standard InChI is InChI=1S/C16H23N3S/c1-5-19(14-9-7-6-8-10-14)16-18-13(4)15(20-16)11-17-12(2)3/h6-10,12,17H,5,11H2,1-4H3. The summed E-state index contributed by atoms with van der Waals surface area (Å²) >= 11 is 1.78. The van der Waals surface area contributed by atoms with E-state index in [2.05, 4.69) is 62.2 Å². The number of nitrogens with zero attached hydrogens (tertiary/aromatic N) is 2. The number of rotatable bonds is 6. The average molecular weight is 289 g/mol. The fraction of sp³-hybridized carbons (Fsp3) is 0.438. The monoisotopic (exact) mass is 289 g/mol. The third kappa shape index (κ3) is 3.58. The quantitative estimate of drug-likeness (QED) is 0.867. The van der Waals surface area contributed by atoms with Crippen LogP contribution in [0.5, 0.6) is 0 Å². The summed E-state index contributed by atoms with van der Waals surface area (Å²) in [6, 6.07) is 10.9. The Morgan fingerprint density at radius 2 is 1.95 bits per heavy atom. The van der Waals surface area contributed by atoms with Crippen LogP contribution in [0.4, 0.5) is 10.8 Å². The zero-order valence-corrected chi connectivity index (χ0v) is 13.5. The van der Waals surface area contributed by atoms with Gasteiger partial charge in [0.2, 0.25) is 0 Å². The number of aromatic nitrogens is 1. The van der Waals surface area contributed by atoms with Crippen LogP contribution in [-0.2, 0) is 6.54 Å². The summed E-state index contributed by atoms with van der Waals surface area (Å²) in [4.78, 5) is 8.32. The largest absolute Gasteiger partial charge is 0.318 e. The number of thiazole rings is 1. The summed E-state index contributed by atoms with van der Waals surface area (Å²) in [7, 11) is 0. The van der Waals surface area contributed by atoms with Crippen molar-refractivity contribution in [1.82, 2.24) is 10.3 Å². The van der Waals surface area contributed by atoms with Crippen LogP contribution in [0.3, 0.4) is 0 Å². The second-order valence-electron chi connectivity index (χ2n) is 5.12. The molecule has 0 spiro atoms. The van der Waals surface area contributed by atoms with Crippen LogP contribution in [0.2, 0.25) is 0 Å². The molecule has 0 bridgehead atoms. The molecule has 2 aromatic rings. The van der Waals surface area contributed by atoms with Gasteiger partial charge in [-0.2, -0.15) is 0 Å². The molecule has 0 atom stereocenters. The first-order valence-electron chi connectivity index (χ1n) is 7.14. The van der Waals surface area contributed by atoms with Gasteiger partial charge in [0.25, 0.3) is 0 Å². The van der Waals surface area contributed by atoms with Gasteiger partial charge in [0.15, 0.2) is 5.13 Å². The highest BCUT2D eigenvalue weighted by Crippen LogP contribution is 2.31. The van der Waals surface area contributed by atoms with Crippen molar-refractivity contribution >= 4 is 22.2 Å². The molecular formula is C16H23N3S. The molecule has 0 saturated carbocycles. The lowest BCUT2D eigenvalue weighted by molar-refractivity contribution is 0.591. The van der Waals surface area contributed by atoms with Gasteiger partial charge in [-0.3, -0.25) is 0 Å². The van der Waals surface area contributed by atoms with Gasteiger partial charge in [0, 0.05) is 29.7 Å². The summed E-state index contributed by atoms with van der Waals surface area (Å²) in [5.41, 5.74) is 2.33. The third-order valence-electron chi connectivity index (χ3n) is 3.17. The molecule has 1 N–H and O–H groups in total. The lowest BCUT2D eigenvalue weighted by Crippen LogP contribution is -2.21. The topological polar surface area (TPSA) is 28.2 Å². The van der Waals surface area contributed by atoms with Crippen LogP contribution >= 0.6 is 11.3 Å². The summed E-state index contributed by atoms with van der Waals surface area (Å²) in [5, 5.41) is 4.54. The Bertz CT molecular complexity index is 534. The molecule has 1 aromatic heterocycles. The van der Waals surface area contributed by atoms with E-state index in [1.165, 1.54) is 10.6 Å². The smallest absolute Gasteiger partial charge is 0.190 e. The molecule has 3 nitrogen and oxygen atoms in total. The molecule has 108 valence electrons. The van der Waals surface area contributed by atoms with E-state index in [0.717, 1.165) is 23.9 Å². The van der Waals surface area contributed by atoms with Gasteiger partial charge in [-0.15, -0.1) is 0 Å². The highest BCUT2D eigenvalue weighted by atomic mass is 32.1. The molecule has 1 aromatic carbocycles. The normalized spacial score (nSPS) is 11.1. The van der Waals surface area contributed by atoms with E-state index >= 15 is 0 Å². The molecule has 4 heteroatoms. The first-order chi connectivity index (χ1) is 9.61. The lowest BCUT2D eigenvalue weighted by Gasteiger charge is -2.19. The number of benzene rings is 1. The van der Waals surface area contributed by atoms with Crippen LogP contribution in [0.25, 0.3) is 0 Å². The van der Waals surface area contributed by atoms with Crippen LogP contribution in [0.15, 0.2) is 30.3 Å². The fourth-order valence-electron chi connectivity index (χ4n) is 2.03. The molecule has 2 rings (SSSR count). The molecule has 1 heterocycles. The Kier molecular flexibility index (Phi) is 5.15. The van der Waals surface area contributed by atoms with Crippen LogP contribution in [-0.4, -0.2) is 17.6 Å². The van der Waals surface area contributed by atoms with Crippen LogP contribution in [0.1, 0.15) is 31.3 Å². The van der Waals surface area contributed by atoms with Gasteiger partial charge in [0.05, 0.1) is 5.69 Å². The number of hydrogen-bond acceptors (Lipinski definition) is 4. The van der Waals surface area contributed by atoms with Gasteiger partial charge in [0.1, 0.15) is 0 Å². The molecule has 0 unspecified atom stereocenters. The van der Waals surface area contributed by atoms with Crippen molar-refractivity contribution in [3.63, 3.8) is 0 Å². The predicted molar refractivity (Wildman–Crippen MR) is 87.9 cm³/mol. The Morgan fingerprint density at radius 3 is 2.55 bits per heavy atom. The Labute approximate surface area is 125 Å². The molecule has 0 aliphatic heterocycles. The van der Waals surface area contributed by atoms with Crippen molar-refractivity contribution in [2.45, 2.75) is 40.3 Å². The molecule has 0 fully saturated rings. The SMILES string of the molecule is CCN(c1ccccc1)c1nc(C)c(CNC(C)C)s1. The number of anilines is 2. The second-order valence-corrected chi connectivity index (χ2v) is 6.18. The Balaban J connectivity index is 2.21. The first kappa shape index (κ1) is 15.0.